The van der Waals surface area contributed by atoms with Crippen molar-refractivity contribution in [1.29, 1.82) is 0 Å². The molecule has 0 spiro atoms. The normalized spacial score (nSPS) is 14.2. The first-order valence-corrected chi connectivity index (χ1v) is 42.9. The van der Waals surface area contributed by atoms with Gasteiger partial charge in [0.05, 0.1) is 42.4 Å². The molecule has 0 saturated heterocycles. The Kier molecular flexibility index (Phi) is 15.3. The molecule has 19 aromatic carbocycles. The zero-order valence-corrected chi connectivity index (χ0v) is 66.8. The van der Waals surface area contributed by atoms with Gasteiger partial charge < -0.3 is 0 Å². The van der Waals surface area contributed by atoms with Crippen molar-refractivity contribution in [3.63, 3.8) is 0 Å². The van der Waals surface area contributed by atoms with Crippen molar-refractivity contribution < 1.29 is 0 Å². The number of benzene rings is 19. The van der Waals surface area contributed by atoms with Crippen molar-refractivity contribution in [2.24, 2.45) is 0 Å². The van der Waals surface area contributed by atoms with Crippen LogP contribution in [0.4, 0.5) is 0 Å². The molecule has 3 heteroatoms. The van der Waals surface area contributed by atoms with Gasteiger partial charge >= 0.3 is 0 Å². The summed E-state index contributed by atoms with van der Waals surface area (Å²) in [5.74, 6) is 0. The number of aromatic nitrogens is 2. The predicted molar refractivity (Wildman–Crippen MR) is 501 cm³/mol. The summed E-state index contributed by atoms with van der Waals surface area (Å²) >= 11 is 1.84. The molecular weight excluding hydrogens is 1480 g/mol. The molecule has 0 aliphatic heterocycles. The first-order valence-electron chi connectivity index (χ1n) is 42.1. The molecule has 562 valence electrons. The maximum atomic E-state index is 6.42. The van der Waals surface area contributed by atoms with E-state index in [2.05, 4.69) is 449 Å². The van der Waals surface area contributed by atoms with Crippen LogP contribution < -0.4 is 0 Å². The number of hydrogen-bond acceptors (Lipinski definition) is 3. The van der Waals surface area contributed by atoms with E-state index in [-0.39, 0.29) is 0 Å². The van der Waals surface area contributed by atoms with Crippen LogP contribution in [-0.4, -0.2) is 9.97 Å². The number of thiophene rings is 1. The molecule has 0 unspecified atom stereocenters. The minimum atomic E-state index is -0.645. The van der Waals surface area contributed by atoms with Crippen molar-refractivity contribution in [3.8, 4) is 87.6 Å². The first kappa shape index (κ1) is 69.2. The molecule has 2 nitrogen and oxygen atoms in total. The summed E-state index contributed by atoms with van der Waals surface area (Å²) in [6.45, 7) is 0. The van der Waals surface area contributed by atoms with Crippen molar-refractivity contribution >= 4 is 54.9 Å². The first-order chi connectivity index (χ1) is 60.1. The van der Waals surface area contributed by atoms with E-state index in [0.717, 1.165) is 75.6 Å². The van der Waals surface area contributed by atoms with Gasteiger partial charge in [-0.1, -0.05) is 437 Å². The fourth-order valence-electron chi connectivity index (χ4n) is 22.8. The highest BCUT2D eigenvalue weighted by molar-refractivity contribution is 7.21. The zero-order chi connectivity index (χ0) is 79.5. The summed E-state index contributed by atoms with van der Waals surface area (Å²) in [7, 11) is 0. The Hall–Kier alpha value is -15.0. The van der Waals surface area contributed by atoms with E-state index in [1.54, 1.807) is 0 Å². The van der Waals surface area contributed by atoms with Crippen LogP contribution in [0.1, 0.15) is 89.0 Å². The average Bonchev–Trinajstić information content (AvgIpc) is 1.53. The lowest BCUT2D eigenvalue weighted by atomic mass is 9.67. The van der Waals surface area contributed by atoms with E-state index in [9.17, 15) is 0 Å². The van der Waals surface area contributed by atoms with Gasteiger partial charge in [-0.25, -0.2) is 9.97 Å². The second kappa shape index (κ2) is 26.8. The van der Waals surface area contributed by atoms with E-state index in [1.807, 2.05) is 11.3 Å². The summed E-state index contributed by atoms with van der Waals surface area (Å²) < 4.78 is 0. The minimum Gasteiger partial charge on any atom is -0.242 e. The Balaban J connectivity index is 0.803. The van der Waals surface area contributed by atoms with Crippen LogP contribution in [0.2, 0.25) is 0 Å². The van der Waals surface area contributed by atoms with Crippen LogP contribution in [0, 0.1) is 0 Å². The molecule has 0 bridgehead atoms. The van der Waals surface area contributed by atoms with Crippen LogP contribution in [0.3, 0.4) is 0 Å². The fourth-order valence-corrected chi connectivity index (χ4v) is 24.0. The lowest BCUT2D eigenvalue weighted by Crippen LogP contribution is -2.28. The lowest BCUT2D eigenvalue weighted by molar-refractivity contribution is 0.768. The zero-order valence-electron chi connectivity index (χ0n) is 66.0. The van der Waals surface area contributed by atoms with Gasteiger partial charge in [-0.15, -0.1) is 11.3 Å². The Bertz CT molecular complexity index is 7170. The van der Waals surface area contributed by atoms with Crippen molar-refractivity contribution in [2.45, 2.75) is 21.7 Å². The molecule has 2 aromatic heterocycles. The van der Waals surface area contributed by atoms with Gasteiger partial charge in [0, 0.05) is 21.9 Å². The van der Waals surface area contributed by atoms with Crippen molar-refractivity contribution in [1.82, 2.24) is 9.97 Å². The average molecular weight is 1550 g/mol. The molecule has 0 radical (unpaired) electrons. The minimum absolute atomic E-state index is 0.591. The molecular formula is C118H74N2S. The highest BCUT2D eigenvalue weighted by Gasteiger charge is 2.52. The molecule has 0 amide bonds. The molecule has 0 N–H and O–H groups in total. The Labute approximate surface area is 707 Å². The molecule has 4 aliphatic rings. The summed E-state index contributed by atoms with van der Waals surface area (Å²) in [5, 5.41) is 4.27. The van der Waals surface area contributed by atoms with Crippen LogP contribution in [0.25, 0.3) is 131 Å². The third-order valence-corrected chi connectivity index (χ3v) is 28.6. The maximum absolute atomic E-state index is 6.42. The van der Waals surface area contributed by atoms with E-state index in [1.165, 1.54) is 145 Å². The number of rotatable bonds is 12. The Morgan fingerprint density at radius 1 is 0.157 bits per heavy atom. The van der Waals surface area contributed by atoms with E-state index in [0.29, 0.717) is 0 Å². The van der Waals surface area contributed by atoms with Crippen LogP contribution in [0.5, 0.6) is 0 Å². The highest BCUT2D eigenvalue weighted by atomic mass is 32.1. The largest absolute Gasteiger partial charge is 0.242 e. The summed E-state index contributed by atoms with van der Waals surface area (Å²) in [5.41, 5.74) is 37.5. The molecule has 4 aliphatic carbocycles. The van der Waals surface area contributed by atoms with Gasteiger partial charge in [0.15, 0.2) is 0 Å². The number of fused-ring (bicyclic) bond motifs is 19. The molecule has 0 saturated carbocycles. The summed E-state index contributed by atoms with van der Waals surface area (Å²) in [6.07, 6.45) is 0. The second-order valence-electron chi connectivity index (χ2n) is 32.9. The van der Waals surface area contributed by atoms with E-state index in [4.69, 9.17) is 9.97 Å². The number of nitrogens with zero attached hydrogens (tertiary/aromatic N) is 2. The van der Waals surface area contributed by atoms with Gasteiger partial charge in [-0.2, -0.15) is 0 Å². The molecule has 0 fully saturated rings. The third kappa shape index (κ3) is 9.47. The smallest absolute Gasteiger partial charge is 0.109 e. The SMILES string of the molecule is c1ccc(C2(c3ccccc3)c3ccccc3-c3c(-c4ccc5c(c4)c4cc(-c6cccc7c6-c6ccccc6C7(c6ccccc6)c6ccccc6)ccc4c4nc6c(-c7cccc8c7-c7ccccc7C8(c7ccccc7)c7ccccc7)sc(-c7cccc8c7-c7ccccc7C8(c7ccccc7)c7ccccc7)c6nc54)cccc32)cc1. The molecule has 25 rings (SSSR count). The van der Waals surface area contributed by atoms with E-state index < -0.39 is 21.7 Å². The van der Waals surface area contributed by atoms with Crippen LogP contribution in [0.15, 0.2) is 449 Å². The monoisotopic (exact) mass is 1550 g/mol. The Morgan fingerprint density at radius 3 is 0.620 bits per heavy atom. The van der Waals surface area contributed by atoms with Gasteiger partial charge in [0.2, 0.25) is 0 Å². The standard InChI is InChI=1S/C118H74N2S/c1-9-37-77(38-10-1)115(78-39-11-2-12-40-78)97-61-29-25-53-89(97)105-85(57-33-65-101(105)115)75-69-71-87-95(73-75)96-74-76(86-58-34-66-102-106(86)90-54-26-30-62-98(90)116(102,79-41-13-3-14-42-79)80-43-15-4-16-44-80)70-72-88(96)110-109(87)119-111-112(120-110)114(94-60-36-68-104-108(94)92-56-28-32-64-100(92)118(104,83-49-21-7-22-50-83)84-51-23-8-24-52-84)121-113(111)93-59-35-67-103-107(93)91-55-27-31-63-99(91)117(103,81-45-17-5-18-46-81)82-47-19-6-20-48-82/h1-74H. The topological polar surface area (TPSA) is 25.8 Å². The number of hydrogen-bond donors (Lipinski definition) is 0. The van der Waals surface area contributed by atoms with Crippen molar-refractivity contribution in [3.05, 3.63) is 538 Å². The highest BCUT2D eigenvalue weighted by Crippen LogP contribution is 2.65. The molecule has 0 atom stereocenters. The third-order valence-electron chi connectivity index (χ3n) is 27.4. The maximum Gasteiger partial charge on any atom is 0.109 e. The molecule has 21 aromatic rings. The quantitative estimate of drug-likeness (QED) is 0.114. The molecule has 121 heavy (non-hydrogen) atoms. The van der Waals surface area contributed by atoms with Gasteiger partial charge in [0.1, 0.15) is 11.0 Å². The summed E-state index contributed by atoms with van der Waals surface area (Å²) in [6, 6.07) is 169. The predicted octanol–water partition coefficient (Wildman–Crippen LogP) is 29.3. The second-order valence-corrected chi connectivity index (χ2v) is 33.9. The lowest BCUT2D eigenvalue weighted by Gasteiger charge is -2.34. The van der Waals surface area contributed by atoms with Crippen molar-refractivity contribution in [2.75, 3.05) is 0 Å². The van der Waals surface area contributed by atoms with Crippen LogP contribution in [-0.2, 0) is 21.7 Å². The van der Waals surface area contributed by atoms with Gasteiger partial charge in [-0.3, -0.25) is 0 Å². The van der Waals surface area contributed by atoms with E-state index >= 15 is 0 Å². The fraction of sp³-hybridized carbons (Fsp3) is 0.0339. The van der Waals surface area contributed by atoms with Gasteiger partial charge in [0.25, 0.3) is 0 Å². The van der Waals surface area contributed by atoms with Gasteiger partial charge in [-0.05, 0) is 179 Å². The summed E-state index contributed by atoms with van der Waals surface area (Å²) in [4.78, 5) is 15.0. The molecule has 2 heterocycles. The van der Waals surface area contributed by atoms with Crippen LogP contribution >= 0.6 is 11.3 Å². The Morgan fingerprint density at radius 2 is 0.364 bits per heavy atom.